The lowest BCUT2D eigenvalue weighted by atomic mass is 10.3. The molecule has 0 aliphatic carbocycles. The molecule has 1 aliphatic heterocycles. The lowest BCUT2D eigenvalue weighted by molar-refractivity contribution is 0.370. The van der Waals surface area contributed by atoms with Gasteiger partial charge in [0.05, 0.1) is 12.2 Å². The molecule has 0 bridgehead atoms. The number of piperazine rings is 1. The molecule has 9 heteroatoms. The van der Waals surface area contributed by atoms with Crippen LogP contribution in [0.3, 0.4) is 0 Å². The van der Waals surface area contributed by atoms with Crippen LogP contribution in [0.4, 0.5) is 5.95 Å². The number of aliphatic imine (C=N–C) groups is 1. The van der Waals surface area contributed by atoms with Crippen molar-refractivity contribution in [2.45, 2.75) is 20.4 Å². The Morgan fingerprint density at radius 1 is 1.20 bits per heavy atom. The normalized spacial score (nSPS) is 15.1. The van der Waals surface area contributed by atoms with Crippen molar-refractivity contribution >= 4 is 47.2 Å². The number of hydrogen-bond acceptors (Lipinski definition) is 6. The first-order valence-corrected chi connectivity index (χ1v) is 8.89. The lowest BCUT2D eigenvalue weighted by Crippen LogP contribution is -2.52. The standard InChI is InChI=1S/C16H23N7S.HI/c1-12-13(2)24-14(21-12)11-20-15(17-3)22-7-9-23(10-8-22)16-18-5-4-6-19-16;/h4-6H,7-11H2,1-3H3,(H,17,20);1H. The second-order valence-corrected chi connectivity index (χ2v) is 6.96. The van der Waals surface area contributed by atoms with Crippen molar-refractivity contribution in [3.63, 3.8) is 0 Å². The van der Waals surface area contributed by atoms with Crippen LogP contribution in [0, 0.1) is 13.8 Å². The van der Waals surface area contributed by atoms with E-state index in [0.29, 0.717) is 6.54 Å². The summed E-state index contributed by atoms with van der Waals surface area (Å²) in [7, 11) is 1.83. The molecule has 0 saturated carbocycles. The molecule has 0 atom stereocenters. The fourth-order valence-electron chi connectivity index (χ4n) is 2.67. The van der Waals surface area contributed by atoms with Crippen molar-refractivity contribution in [1.29, 1.82) is 0 Å². The molecule has 7 nitrogen and oxygen atoms in total. The summed E-state index contributed by atoms with van der Waals surface area (Å²) in [6, 6.07) is 1.84. The van der Waals surface area contributed by atoms with Crippen LogP contribution in [0.2, 0.25) is 0 Å². The number of nitrogens with one attached hydrogen (secondary N) is 1. The summed E-state index contributed by atoms with van der Waals surface area (Å²) >= 11 is 1.74. The average Bonchev–Trinajstić information content (AvgIpc) is 2.95. The van der Waals surface area contributed by atoms with Crippen molar-refractivity contribution in [3.05, 3.63) is 34.0 Å². The van der Waals surface area contributed by atoms with E-state index in [0.717, 1.165) is 48.8 Å². The van der Waals surface area contributed by atoms with Crippen LogP contribution in [0.15, 0.2) is 23.5 Å². The highest BCUT2D eigenvalue weighted by Gasteiger charge is 2.21. The molecule has 2 aromatic rings. The monoisotopic (exact) mass is 473 g/mol. The first-order valence-electron chi connectivity index (χ1n) is 8.08. The number of aryl methyl sites for hydroxylation is 2. The maximum Gasteiger partial charge on any atom is 0.225 e. The molecule has 0 radical (unpaired) electrons. The van der Waals surface area contributed by atoms with Crippen LogP contribution in [0.25, 0.3) is 0 Å². The number of guanidine groups is 1. The number of rotatable bonds is 3. The third kappa shape index (κ3) is 5.00. The fourth-order valence-corrected chi connectivity index (χ4v) is 3.55. The van der Waals surface area contributed by atoms with Gasteiger partial charge in [-0.25, -0.2) is 15.0 Å². The molecule has 0 amide bonds. The van der Waals surface area contributed by atoms with Gasteiger partial charge in [-0.1, -0.05) is 0 Å². The number of thiazole rings is 1. The predicted molar refractivity (Wildman–Crippen MR) is 113 cm³/mol. The minimum atomic E-state index is 0. The summed E-state index contributed by atoms with van der Waals surface area (Å²) in [6.45, 7) is 8.45. The van der Waals surface area contributed by atoms with Gasteiger partial charge in [0.25, 0.3) is 0 Å². The van der Waals surface area contributed by atoms with Crippen molar-refractivity contribution in [2.24, 2.45) is 4.99 Å². The molecular formula is C16H24IN7S. The van der Waals surface area contributed by atoms with Crippen molar-refractivity contribution in [1.82, 2.24) is 25.2 Å². The average molecular weight is 473 g/mol. The molecule has 1 aliphatic rings. The zero-order valence-electron chi connectivity index (χ0n) is 14.8. The lowest BCUT2D eigenvalue weighted by Gasteiger charge is -2.36. The highest BCUT2D eigenvalue weighted by atomic mass is 127. The Balaban J connectivity index is 0.00000225. The Morgan fingerprint density at radius 2 is 1.88 bits per heavy atom. The molecule has 0 aromatic carbocycles. The summed E-state index contributed by atoms with van der Waals surface area (Å²) in [6.07, 6.45) is 3.57. The Labute approximate surface area is 169 Å². The van der Waals surface area contributed by atoms with Crippen LogP contribution in [0.1, 0.15) is 15.6 Å². The van der Waals surface area contributed by atoms with E-state index in [2.05, 4.69) is 48.9 Å². The highest BCUT2D eigenvalue weighted by Crippen LogP contribution is 2.16. The van der Waals surface area contributed by atoms with Gasteiger partial charge in [0.1, 0.15) is 5.01 Å². The number of halogens is 1. The molecule has 1 fully saturated rings. The largest absolute Gasteiger partial charge is 0.350 e. The van der Waals surface area contributed by atoms with Crippen molar-refractivity contribution in [3.8, 4) is 0 Å². The minimum Gasteiger partial charge on any atom is -0.350 e. The highest BCUT2D eigenvalue weighted by molar-refractivity contribution is 14.0. The summed E-state index contributed by atoms with van der Waals surface area (Å²) in [5.74, 6) is 1.72. The molecule has 3 heterocycles. The van der Waals surface area contributed by atoms with Gasteiger partial charge in [0, 0.05) is 50.5 Å². The maximum absolute atomic E-state index is 4.57. The zero-order chi connectivity index (χ0) is 16.9. The molecule has 0 spiro atoms. The Hall–Kier alpha value is -1.49. The van der Waals surface area contributed by atoms with E-state index in [1.807, 2.05) is 13.1 Å². The van der Waals surface area contributed by atoms with E-state index in [4.69, 9.17) is 0 Å². The molecule has 3 rings (SSSR count). The first-order chi connectivity index (χ1) is 11.7. The quantitative estimate of drug-likeness (QED) is 0.418. The summed E-state index contributed by atoms with van der Waals surface area (Å²) in [5, 5.41) is 4.52. The molecule has 1 N–H and O–H groups in total. The van der Waals surface area contributed by atoms with E-state index >= 15 is 0 Å². The van der Waals surface area contributed by atoms with Crippen LogP contribution in [0.5, 0.6) is 0 Å². The van der Waals surface area contributed by atoms with Crippen LogP contribution >= 0.6 is 35.3 Å². The van der Waals surface area contributed by atoms with Gasteiger partial charge in [-0.2, -0.15) is 0 Å². The molecular weight excluding hydrogens is 449 g/mol. The van der Waals surface area contributed by atoms with Crippen LogP contribution in [-0.2, 0) is 6.54 Å². The molecule has 25 heavy (non-hydrogen) atoms. The first kappa shape index (κ1) is 19.8. The zero-order valence-corrected chi connectivity index (χ0v) is 17.9. The Kier molecular flexibility index (Phi) is 7.36. The van der Waals surface area contributed by atoms with Crippen LogP contribution < -0.4 is 10.2 Å². The summed E-state index contributed by atoms with van der Waals surface area (Å²) in [5.41, 5.74) is 1.11. The van der Waals surface area contributed by atoms with Crippen LogP contribution in [-0.4, -0.2) is 59.0 Å². The van der Waals surface area contributed by atoms with E-state index in [1.54, 1.807) is 23.7 Å². The SMILES string of the molecule is CN=C(NCc1nc(C)c(C)s1)N1CCN(c2ncccn2)CC1.I. The fraction of sp³-hybridized carbons (Fsp3) is 0.500. The third-order valence-electron chi connectivity index (χ3n) is 4.10. The van der Waals surface area contributed by atoms with Gasteiger partial charge < -0.3 is 15.1 Å². The molecule has 0 unspecified atom stereocenters. The number of aromatic nitrogens is 3. The van der Waals surface area contributed by atoms with Gasteiger partial charge in [0.15, 0.2) is 5.96 Å². The number of nitrogens with zero attached hydrogens (tertiary/aromatic N) is 6. The molecule has 1 saturated heterocycles. The second-order valence-electron chi connectivity index (χ2n) is 5.67. The van der Waals surface area contributed by atoms with Crippen molar-refractivity contribution in [2.75, 3.05) is 38.1 Å². The van der Waals surface area contributed by atoms with Gasteiger partial charge in [-0.05, 0) is 19.9 Å². The number of anilines is 1. The van der Waals surface area contributed by atoms with Gasteiger partial charge >= 0.3 is 0 Å². The number of hydrogen-bond donors (Lipinski definition) is 1. The van der Waals surface area contributed by atoms with E-state index in [-0.39, 0.29) is 24.0 Å². The Bertz CT molecular complexity index is 676. The van der Waals surface area contributed by atoms with Gasteiger partial charge in [0.2, 0.25) is 5.95 Å². The molecule has 136 valence electrons. The third-order valence-corrected chi connectivity index (χ3v) is 5.17. The predicted octanol–water partition coefficient (Wildman–Crippen LogP) is 2.07. The van der Waals surface area contributed by atoms with Gasteiger partial charge in [-0.3, -0.25) is 4.99 Å². The van der Waals surface area contributed by atoms with Crippen molar-refractivity contribution < 1.29 is 0 Å². The summed E-state index contributed by atoms with van der Waals surface area (Å²) < 4.78 is 0. The van der Waals surface area contributed by atoms with E-state index < -0.39 is 0 Å². The topological polar surface area (TPSA) is 69.5 Å². The summed E-state index contributed by atoms with van der Waals surface area (Å²) in [4.78, 5) is 23.4. The maximum atomic E-state index is 4.57. The Morgan fingerprint density at radius 3 is 2.44 bits per heavy atom. The van der Waals surface area contributed by atoms with Gasteiger partial charge in [-0.15, -0.1) is 35.3 Å². The smallest absolute Gasteiger partial charge is 0.225 e. The minimum absolute atomic E-state index is 0. The molecule has 2 aromatic heterocycles. The second kappa shape index (κ2) is 9.27. The van der Waals surface area contributed by atoms with E-state index in [9.17, 15) is 0 Å². The van der Waals surface area contributed by atoms with E-state index in [1.165, 1.54) is 4.88 Å².